The Balaban J connectivity index is 2.09. The van der Waals surface area contributed by atoms with Crippen LogP contribution in [0.4, 0.5) is 5.69 Å². The predicted octanol–water partition coefficient (Wildman–Crippen LogP) is 1.14. The Bertz CT molecular complexity index is 540. The van der Waals surface area contributed by atoms with Crippen molar-refractivity contribution in [3.8, 4) is 0 Å². The zero-order chi connectivity index (χ0) is 13.0. The first kappa shape index (κ1) is 13.2. The van der Waals surface area contributed by atoms with Crippen molar-refractivity contribution in [3.05, 3.63) is 18.2 Å². The van der Waals surface area contributed by atoms with E-state index in [-0.39, 0.29) is 20.9 Å². The van der Waals surface area contributed by atoms with E-state index in [2.05, 4.69) is 20.2 Å². The van der Waals surface area contributed by atoms with Gasteiger partial charge in [-0.3, -0.25) is 0 Å². The number of nitrogens with one attached hydrogen (secondary N) is 1. The number of benzene rings is 1. The molecule has 0 radical (unpaired) electrons. The van der Waals surface area contributed by atoms with Crippen molar-refractivity contribution in [3.63, 3.8) is 0 Å². The van der Waals surface area contributed by atoms with Gasteiger partial charge in [0.25, 0.3) is 0 Å². The SMILES string of the molecule is CCCCC(N)C(=O)Nc1cccc2n[se]nc12. The molecule has 3 N–H and O–H groups in total. The number of nitrogens with two attached hydrogens (primary N) is 1. The van der Waals surface area contributed by atoms with Gasteiger partial charge in [0.1, 0.15) is 0 Å². The third-order valence-electron chi connectivity index (χ3n) is 2.75. The van der Waals surface area contributed by atoms with Crippen molar-refractivity contribution < 1.29 is 4.79 Å². The van der Waals surface area contributed by atoms with Crippen LogP contribution in [0.15, 0.2) is 18.2 Å². The Morgan fingerprint density at radius 2 is 2.33 bits per heavy atom. The topological polar surface area (TPSA) is 80.9 Å². The van der Waals surface area contributed by atoms with E-state index in [1.165, 1.54) is 0 Å². The van der Waals surface area contributed by atoms with Crippen molar-refractivity contribution in [1.29, 1.82) is 0 Å². The van der Waals surface area contributed by atoms with Crippen LogP contribution in [0, 0.1) is 0 Å². The number of hydrogen-bond acceptors (Lipinski definition) is 4. The number of fused-ring (bicyclic) bond motifs is 1. The van der Waals surface area contributed by atoms with Gasteiger partial charge < -0.3 is 0 Å². The number of nitrogens with zero attached hydrogens (tertiary/aromatic N) is 2. The van der Waals surface area contributed by atoms with E-state index >= 15 is 0 Å². The molecule has 5 nitrogen and oxygen atoms in total. The van der Waals surface area contributed by atoms with Crippen LogP contribution in [0.2, 0.25) is 0 Å². The Morgan fingerprint density at radius 1 is 1.50 bits per heavy atom. The minimum atomic E-state index is -0.454. The molecule has 0 aliphatic carbocycles. The number of anilines is 1. The van der Waals surface area contributed by atoms with E-state index in [0.717, 1.165) is 23.9 Å². The van der Waals surface area contributed by atoms with Crippen LogP contribution in [0.5, 0.6) is 0 Å². The number of unbranched alkanes of at least 4 members (excludes halogenated alkanes) is 1. The first-order valence-electron chi connectivity index (χ1n) is 6.00. The van der Waals surface area contributed by atoms with E-state index in [9.17, 15) is 4.79 Å². The fraction of sp³-hybridized carbons (Fsp3) is 0.417. The summed E-state index contributed by atoms with van der Waals surface area (Å²) in [6.45, 7) is 2.08. The van der Waals surface area contributed by atoms with E-state index in [1.807, 2.05) is 18.2 Å². The molecule has 0 aliphatic heterocycles. The summed E-state index contributed by atoms with van der Waals surface area (Å²) < 4.78 is 8.59. The van der Waals surface area contributed by atoms with E-state index in [4.69, 9.17) is 5.73 Å². The van der Waals surface area contributed by atoms with Gasteiger partial charge in [0, 0.05) is 0 Å². The van der Waals surface area contributed by atoms with Crippen molar-refractivity contribution in [2.24, 2.45) is 5.73 Å². The van der Waals surface area contributed by atoms with Crippen LogP contribution in [-0.2, 0) is 4.79 Å². The van der Waals surface area contributed by atoms with E-state index < -0.39 is 6.04 Å². The number of aromatic nitrogens is 2. The Hall–Kier alpha value is -1.23. The van der Waals surface area contributed by atoms with Crippen molar-refractivity contribution in [1.82, 2.24) is 7.96 Å². The molecule has 0 aliphatic rings. The normalized spacial score (nSPS) is 12.6. The molecule has 18 heavy (non-hydrogen) atoms. The van der Waals surface area contributed by atoms with Crippen molar-refractivity contribution in [2.45, 2.75) is 32.2 Å². The summed E-state index contributed by atoms with van der Waals surface area (Å²) in [6.07, 6.45) is 2.71. The molecule has 0 saturated heterocycles. The Kier molecular flexibility index (Phi) is 4.47. The van der Waals surface area contributed by atoms with Gasteiger partial charge in [0.2, 0.25) is 0 Å². The third-order valence-corrected chi connectivity index (χ3v) is 3.89. The molecule has 1 heterocycles. The molecule has 96 valence electrons. The molecule has 1 aromatic carbocycles. The number of carbonyl (C=O) groups excluding carboxylic acids is 1. The first-order valence-corrected chi connectivity index (χ1v) is 7.53. The zero-order valence-corrected chi connectivity index (χ0v) is 11.9. The predicted molar refractivity (Wildman–Crippen MR) is 72.6 cm³/mol. The van der Waals surface area contributed by atoms with Crippen molar-refractivity contribution in [2.75, 3.05) is 5.32 Å². The summed E-state index contributed by atoms with van der Waals surface area (Å²) in [6, 6.07) is 5.15. The Morgan fingerprint density at radius 3 is 3.11 bits per heavy atom. The molecule has 0 saturated carbocycles. The molecule has 0 bridgehead atoms. The number of hydrogen-bond donors (Lipinski definition) is 2. The van der Waals surface area contributed by atoms with Gasteiger partial charge in [-0.15, -0.1) is 0 Å². The van der Waals surface area contributed by atoms with Crippen LogP contribution in [0.1, 0.15) is 26.2 Å². The minimum absolute atomic E-state index is 0.0898. The summed E-state index contributed by atoms with van der Waals surface area (Å²) >= 11 is -0.0898. The van der Waals surface area contributed by atoms with Crippen LogP contribution < -0.4 is 11.1 Å². The molecule has 6 heteroatoms. The summed E-state index contributed by atoms with van der Waals surface area (Å²) in [5, 5.41) is 2.84. The van der Waals surface area contributed by atoms with Crippen LogP contribution in [0.3, 0.4) is 0 Å². The second-order valence-electron chi connectivity index (χ2n) is 4.18. The zero-order valence-electron chi connectivity index (χ0n) is 10.2. The fourth-order valence-electron chi connectivity index (χ4n) is 1.69. The van der Waals surface area contributed by atoms with Crippen LogP contribution >= 0.6 is 0 Å². The van der Waals surface area contributed by atoms with Gasteiger partial charge in [0.15, 0.2) is 0 Å². The maximum atomic E-state index is 11.9. The summed E-state index contributed by atoms with van der Waals surface area (Å²) in [5.74, 6) is -0.147. The number of rotatable bonds is 5. The fourth-order valence-corrected chi connectivity index (χ4v) is 2.84. The molecule has 1 aromatic heterocycles. The second-order valence-corrected chi connectivity index (χ2v) is 5.28. The summed E-state index contributed by atoms with van der Waals surface area (Å²) in [7, 11) is 0. The molecule has 1 unspecified atom stereocenters. The van der Waals surface area contributed by atoms with Gasteiger partial charge >= 0.3 is 112 Å². The van der Waals surface area contributed by atoms with E-state index in [0.29, 0.717) is 12.1 Å². The average molecular weight is 311 g/mol. The molecular weight excluding hydrogens is 295 g/mol. The van der Waals surface area contributed by atoms with E-state index in [1.54, 1.807) is 0 Å². The first-order chi connectivity index (χ1) is 8.72. The summed E-state index contributed by atoms with van der Waals surface area (Å²) in [5.41, 5.74) is 8.19. The summed E-state index contributed by atoms with van der Waals surface area (Å²) in [4.78, 5) is 11.9. The number of amides is 1. The third kappa shape index (κ3) is 2.96. The van der Waals surface area contributed by atoms with Gasteiger partial charge in [-0.05, 0) is 0 Å². The molecule has 0 fully saturated rings. The molecule has 2 aromatic rings. The van der Waals surface area contributed by atoms with Gasteiger partial charge in [-0.25, -0.2) is 0 Å². The van der Waals surface area contributed by atoms with Crippen molar-refractivity contribution >= 4 is 37.6 Å². The van der Waals surface area contributed by atoms with Gasteiger partial charge in [-0.1, -0.05) is 0 Å². The Labute approximate surface area is 112 Å². The van der Waals surface area contributed by atoms with Gasteiger partial charge in [0.05, 0.1) is 0 Å². The molecular formula is C12H16N4OSe. The molecule has 1 atom stereocenters. The standard InChI is InChI=1S/C12H16N4OSe/c1-2-3-5-8(13)12(17)14-9-6-4-7-10-11(9)16-18-15-10/h4,6-8H,2-3,5,13H2,1H3,(H,14,17). The molecule has 1 amide bonds. The number of carbonyl (C=O) groups is 1. The van der Waals surface area contributed by atoms with Crippen LogP contribution in [-0.4, -0.2) is 34.9 Å². The van der Waals surface area contributed by atoms with Crippen LogP contribution in [0.25, 0.3) is 11.0 Å². The quantitative estimate of drug-likeness (QED) is 0.812. The molecule has 2 rings (SSSR count). The molecule has 0 spiro atoms. The average Bonchev–Trinajstić information content (AvgIpc) is 2.85. The monoisotopic (exact) mass is 312 g/mol. The second kappa shape index (κ2) is 6.09. The van der Waals surface area contributed by atoms with Gasteiger partial charge in [-0.2, -0.15) is 0 Å². The maximum absolute atomic E-state index is 11.9.